The third kappa shape index (κ3) is 3.81. The molecule has 0 aromatic heterocycles. The molecule has 0 aliphatic rings. The molecule has 0 radical (unpaired) electrons. The Labute approximate surface area is 128 Å². The normalized spacial score (nSPS) is 10.1. The molecule has 0 saturated carbocycles. The minimum absolute atomic E-state index is 0. The van der Waals surface area contributed by atoms with Crippen LogP contribution in [0, 0.1) is 11.3 Å². The fraction of sp³-hybridized carbons (Fsp3) is 0.125. The van der Waals surface area contributed by atoms with E-state index in [-0.39, 0.29) is 62.7 Å². The summed E-state index contributed by atoms with van der Waals surface area (Å²) in [5, 5.41) is 8.46. The van der Waals surface area contributed by atoms with Gasteiger partial charge in [-0.25, -0.2) is 0 Å². The molecule has 0 fully saturated rings. The van der Waals surface area contributed by atoms with Gasteiger partial charge in [0.25, 0.3) is 0 Å². The van der Waals surface area contributed by atoms with Crippen LogP contribution in [0.1, 0.15) is 5.56 Å². The van der Waals surface area contributed by atoms with Crippen LogP contribution < -0.4 is 61.6 Å². The first-order valence-electron chi connectivity index (χ1n) is 3.77. The van der Waals surface area contributed by atoms with Gasteiger partial charge in [0.05, 0.1) is 13.2 Å². The molecule has 0 bridgehead atoms. The molecular formula is C8H6BF3KNO. The molecule has 74 valence electrons. The number of methoxy groups -OCH3 is 1. The van der Waals surface area contributed by atoms with Gasteiger partial charge in [-0.05, 0) is 18.2 Å². The van der Waals surface area contributed by atoms with E-state index in [2.05, 4.69) is 4.74 Å². The molecule has 15 heavy (non-hydrogen) atoms. The second-order valence-electron chi connectivity index (χ2n) is 2.64. The van der Waals surface area contributed by atoms with E-state index in [4.69, 9.17) is 5.26 Å². The van der Waals surface area contributed by atoms with E-state index in [1.165, 1.54) is 19.2 Å². The van der Waals surface area contributed by atoms with E-state index >= 15 is 0 Å². The van der Waals surface area contributed by atoms with Crippen LogP contribution >= 0.6 is 0 Å². The predicted molar refractivity (Wildman–Crippen MR) is 46.4 cm³/mol. The van der Waals surface area contributed by atoms with Crippen LogP contribution in [0.2, 0.25) is 0 Å². The maximum atomic E-state index is 12.4. The van der Waals surface area contributed by atoms with E-state index in [9.17, 15) is 12.9 Å². The zero-order valence-corrected chi connectivity index (χ0v) is 11.4. The number of benzene rings is 1. The quantitative estimate of drug-likeness (QED) is 0.596. The van der Waals surface area contributed by atoms with Gasteiger partial charge in [0.1, 0.15) is 5.75 Å². The number of ether oxygens (including phenoxy) is 1. The van der Waals surface area contributed by atoms with Crippen LogP contribution in [0.15, 0.2) is 18.2 Å². The van der Waals surface area contributed by atoms with Crippen molar-refractivity contribution >= 4 is 12.4 Å². The third-order valence-corrected chi connectivity index (χ3v) is 1.73. The Kier molecular flexibility index (Phi) is 5.92. The Morgan fingerprint density at radius 1 is 1.33 bits per heavy atom. The van der Waals surface area contributed by atoms with Crippen molar-refractivity contribution in [3.8, 4) is 11.8 Å². The van der Waals surface area contributed by atoms with E-state index in [0.717, 1.165) is 12.1 Å². The molecule has 1 aromatic carbocycles. The van der Waals surface area contributed by atoms with Crippen molar-refractivity contribution in [2.45, 2.75) is 0 Å². The van der Waals surface area contributed by atoms with E-state index in [0.29, 0.717) is 0 Å². The summed E-state index contributed by atoms with van der Waals surface area (Å²) >= 11 is 0. The van der Waals surface area contributed by atoms with Gasteiger partial charge in [0, 0.05) is 5.56 Å². The Bertz CT molecular complexity index is 388. The summed E-state index contributed by atoms with van der Waals surface area (Å²) in [7, 11) is 1.27. The largest absolute Gasteiger partial charge is 1.00 e. The first-order chi connectivity index (χ1) is 6.49. The number of nitriles is 1. The van der Waals surface area contributed by atoms with Crippen molar-refractivity contribution in [2.24, 2.45) is 0 Å². The van der Waals surface area contributed by atoms with Crippen molar-refractivity contribution in [1.29, 1.82) is 5.26 Å². The molecule has 0 atom stereocenters. The number of hydrogen-bond acceptors (Lipinski definition) is 2. The van der Waals surface area contributed by atoms with Crippen LogP contribution in [-0.2, 0) is 0 Å². The summed E-state index contributed by atoms with van der Waals surface area (Å²) < 4.78 is 41.9. The van der Waals surface area contributed by atoms with Gasteiger partial charge in [-0.1, -0.05) is 5.46 Å². The van der Waals surface area contributed by atoms with Gasteiger partial charge in [-0.2, -0.15) is 5.26 Å². The predicted octanol–water partition coefficient (Wildman–Crippen LogP) is -1.37. The zero-order valence-electron chi connectivity index (χ0n) is 8.30. The minimum atomic E-state index is -5.17. The van der Waals surface area contributed by atoms with Crippen LogP contribution in [0.3, 0.4) is 0 Å². The fourth-order valence-electron chi connectivity index (χ4n) is 1.04. The van der Waals surface area contributed by atoms with Gasteiger partial charge < -0.3 is 17.7 Å². The molecule has 0 amide bonds. The molecule has 0 aliphatic carbocycles. The van der Waals surface area contributed by atoms with Gasteiger partial charge in [-0.15, -0.1) is 0 Å². The topological polar surface area (TPSA) is 33.0 Å². The monoisotopic (exact) mass is 239 g/mol. The van der Waals surface area contributed by atoms with Crippen molar-refractivity contribution < 1.29 is 69.1 Å². The standard InChI is InChI=1S/C8H6BF3NO.K/c1-14-7-3-2-6(5-13)8(4-7)9(10,11)12;/h2-4H,1H3;/q-1;+1. The van der Waals surface area contributed by atoms with Gasteiger partial charge >= 0.3 is 58.4 Å². The van der Waals surface area contributed by atoms with Gasteiger partial charge in [0.2, 0.25) is 0 Å². The number of rotatable bonds is 2. The van der Waals surface area contributed by atoms with Gasteiger partial charge in [0.15, 0.2) is 0 Å². The fourth-order valence-corrected chi connectivity index (χ4v) is 1.04. The van der Waals surface area contributed by atoms with E-state index < -0.39 is 12.4 Å². The Morgan fingerprint density at radius 3 is 2.33 bits per heavy atom. The molecule has 0 unspecified atom stereocenters. The summed E-state index contributed by atoms with van der Waals surface area (Å²) in [6, 6.07) is 4.75. The molecule has 7 heteroatoms. The first kappa shape index (κ1) is 15.0. The van der Waals surface area contributed by atoms with E-state index in [1.807, 2.05) is 0 Å². The minimum Gasteiger partial charge on any atom is -0.497 e. The Hall–Kier alpha value is 0.00130. The third-order valence-electron chi connectivity index (χ3n) is 1.73. The molecule has 0 saturated heterocycles. The SMILES string of the molecule is COc1ccc(C#N)c([B-](F)(F)F)c1.[K+]. The molecule has 0 aliphatic heterocycles. The zero-order chi connectivity index (χ0) is 10.8. The van der Waals surface area contributed by atoms with Crippen LogP contribution in [0.5, 0.6) is 5.75 Å². The van der Waals surface area contributed by atoms with Crippen LogP contribution in [0.4, 0.5) is 12.9 Å². The summed E-state index contributed by atoms with van der Waals surface area (Å²) in [4.78, 5) is 0. The van der Waals surface area contributed by atoms with Crippen molar-refractivity contribution in [3.05, 3.63) is 23.8 Å². The number of halogens is 3. The molecular weight excluding hydrogens is 233 g/mol. The van der Waals surface area contributed by atoms with Crippen LogP contribution in [0.25, 0.3) is 0 Å². The average Bonchev–Trinajstić information content (AvgIpc) is 2.15. The maximum Gasteiger partial charge on any atom is 1.00 e. The second kappa shape index (κ2) is 5.92. The van der Waals surface area contributed by atoms with Crippen molar-refractivity contribution in [3.63, 3.8) is 0 Å². The maximum absolute atomic E-state index is 12.4. The molecule has 0 heterocycles. The molecule has 1 aromatic rings. The Morgan fingerprint density at radius 2 is 1.93 bits per heavy atom. The molecule has 2 nitrogen and oxygen atoms in total. The summed E-state index contributed by atoms with van der Waals surface area (Å²) in [6.07, 6.45) is 0. The van der Waals surface area contributed by atoms with Crippen molar-refractivity contribution in [2.75, 3.05) is 7.11 Å². The van der Waals surface area contributed by atoms with Crippen LogP contribution in [-0.4, -0.2) is 14.1 Å². The Balaban J connectivity index is 0.00000196. The number of nitrogens with zero attached hydrogens (tertiary/aromatic N) is 1. The number of hydrogen-bond donors (Lipinski definition) is 0. The summed E-state index contributed by atoms with van der Waals surface area (Å²) in [5.74, 6) is 0.0956. The summed E-state index contributed by atoms with van der Waals surface area (Å²) in [6.45, 7) is -5.17. The van der Waals surface area contributed by atoms with Crippen molar-refractivity contribution in [1.82, 2.24) is 0 Å². The summed E-state index contributed by atoms with van der Waals surface area (Å²) in [5.41, 5.74) is -1.29. The smallest absolute Gasteiger partial charge is 0.497 e. The molecule has 0 spiro atoms. The first-order valence-corrected chi connectivity index (χ1v) is 3.77. The molecule has 1 rings (SSSR count). The second-order valence-corrected chi connectivity index (χ2v) is 2.64. The van der Waals surface area contributed by atoms with Gasteiger partial charge in [-0.3, -0.25) is 0 Å². The van der Waals surface area contributed by atoms with E-state index in [1.54, 1.807) is 0 Å². The molecule has 0 N–H and O–H groups in total. The average molecular weight is 239 g/mol.